The summed E-state index contributed by atoms with van der Waals surface area (Å²) in [7, 11) is 0. The van der Waals surface area contributed by atoms with Crippen molar-refractivity contribution in [1.82, 2.24) is 9.97 Å². The van der Waals surface area contributed by atoms with E-state index in [1.807, 2.05) is 20.8 Å². The van der Waals surface area contributed by atoms with Crippen LogP contribution >= 0.6 is 0 Å². The quantitative estimate of drug-likeness (QED) is 0.792. The molecule has 1 N–H and O–H groups in total. The van der Waals surface area contributed by atoms with Crippen molar-refractivity contribution in [2.45, 2.75) is 32.6 Å². The van der Waals surface area contributed by atoms with Gasteiger partial charge in [-0.3, -0.25) is 4.79 Å². The maximum absolute atomic E-state index is 10.6. The predicted octanol–water partition coefficient (Wildman–Crippen LogP) is 1.54. The molecule has 0 amide bonds. The van der Waals surface area contributed by atoms with Crippen molar-refractivity contribution < 1.29 is 9.90 Å². The van der Waals surface area contributed by atoms with Gasteiger partial charge in [-0.15, -0.1) is 0 Å². The average molecular weight is 194 g/mol. The number of aryl methyl sites for hydroxylation is 1. The van der Waals surface area contributed by atoms with Gasteiger partial charge in [0.1, 0.15) is 5.82 Å². The summed E-state index contributed by atoms with van der Waals surface area (Å²) in [5, 5.41) is 8.72. The van der Waals surface area contributed by atoms with Crippen LogP contribution in [-0.2, 0) is 10.2 Å². The molecule has 1 aromatic rings. The lowest BCUT2D eigenvalue weighted by Crippen LogP contribution is -2.24. The van der Waals surface area contributed by atoms with E-state index in [-0.39, 0.29) is 6.42 Å². The lowest BCUT2D eigenvalue weighted by Gasteiger charge is -2.20. The molecular formula is C10H14N2O2. The van der Waals surface area contributed by atoms with E-state index in [4.69, 9.17) is 5.11 Å². The van der Waals surface area contributed by atoms with Gasteiger partial charge in [-0.1, -0.05) is 13.8 Å². The Bertz CT molecular complexity index is 348. The Morgan fingerprint density at radius 3 is 2.71 bits per heavy atom. The van der Waals surface area contributed by atoms with Crippen LogP contribution in [0.4, 0.5) is 0 Å². The highest BCUT2D eigenvalue weighted by Crippen LogP contribution is 2.23. The predicted molar refractivity (Wildman–Crippen MR) is 52.0 cm³/mol. The number of hydrogen-bond donors (Lipinski definition) is 1. The van der Waals surface area contributed by atoms with Gasteiger partial charge >= 0.3 is 5.97 Å². The Balaban J connectivity index is 2.97. The Hall–Kier alpha value is -1.45. The first-order valence-electron chi connectivity index (χ1n) is 4.44. The first-order chi connectivity index (χ1) is 6.42. The second-order valence-corrected chi connectivity index (χ2v) is 3.98. The molecule has 76 valence electrons. The van der Waals surface area contributed by atoms with Crippen molar-refractivity contribution in [3.63, 3.8) is 0 Å². The molecule has 1 aromatic heterocycles. The molecule has 4 heteroatoms. The number of carboxylic acids is 1. The van der Waals surface area contributed by atoms with Gasteiger partial charge in [-0.25, -0.2) is 9.97 Å². The van der Waals surface area contributed by atoms with Gasteiger partial charge in [0.05, 0.1) is 6.42 Å². The number of hydrogen-bond acceptors (Lipinski definition) is 3. The third-order valence-corrected chi connectivity index (χ3v) is 1.99. The molecule has 0 radical (unpaired) electrons. The zero-order valence-electron chi connectivity index (χ0n) is 8.61. The van der Waals surface area contributed by atoms with Gasteiger partial charge < -0.3 is 5.11 Å². The van der Waals surface area contributed by atoms with Gasteiger partial charge in [0.25, 0.3) is 0 Å². The van der Waals surface area contributed by atoms with Crippen LogP contribution in [0.2, 0.25) is 0 Å². The van der Waals surface area contributed by atoms with Crippen LogP contribution in [0.1, 0.15) is 31.8 Å². The SMILES string of the molecule is Cc1ccnc(C(C)(C)CC(=O)O)n1. The van der Waals surface area contributed by atoms with Crippen molar-refractivity contribution in [3.8, 4) is 0 Å². The van der Waals surface area contributed by atoms with E-state index in [0.29, 0.717) is 5.82 Å². The summed E-state index contributed by atoms with van der Waals surface area (Å²) in [5.41, 5.74) is 0.339. The number of nitrogens with zero attached hydrogens (tertiary/aromatic N) is 2. The summed E-state index contributed by atoms with van der Waals surface area (Å²) in [6, 6.07) is 1.79. The fourth-order valence-electron chi connectivity index (χ4n) is 1.23. The van der Waals surface area contributed by atoms with Crippen LogP contribution in [0.15, 0.2) is 12.3 Å². The van der Waals surface area contributed by atoms with E-state index < -0.39 is 11.4 Å². The Labute approximate surface area is 83.0 Å². The zero-order chi connectivity index (χ0) is 10.8. The van der Waals surface area contributed by atoms with E-state index in [1.54, 1.807) is 12.3 Å². The molecule has 0 bridgehead atoms. The topological polar surface area (TPSA) is 63.1 Å². The summed E-state index contributed by atoms with van der Waals surface area (Å²) >= 11 is 0. The highest BCUT2D eigenvalue weighted by atomic mass is 16.4. The second-order valence-electron chi connectivity index (χ2n) is 3.98. The van der Waals surface area contributed by atoms with Crippen LogP contribution in [0.25, 0.3) is 0 Å². The van der Waals surface area contributed by atoms with E-state index in [0.717, 1.165) is 5.69 Å². The van der Waals surface area contributed by atoms with Crippen LogP contribution in [0.5, 0.6) is 0 Å². The third-order valence-electron chi connectivity index (χ3n) is 1.99. The first kappa shape index (κ1) is 10.6. The van der Waals surface area contributed by atoms with Gasteiger partial charge in [0.2, 0.25) is 0 Å². The summed E-state index contributed by atoms with van der Waals surface area (Å²) in [6.45, 7) is 5.52. The third kappa shape index (κ3) is 2.52. The van der Waals surface area contributed by atoms with Gasteiger partial charge in [0, 0.05) is 17.3 Å². The lowest BCUT2D eigenvalue weighted by molar-refractivity contribution is -0.138. The van der Waals surface area contributed by atoms with Gasteiger partial charge in [0.15, 0.2) is 0 Å². The molecule has 4 nitrogen and oxygen atoms in total. The van der Waals surface area contributed by atoms with E-state index >= 15 is 0 Å². The summed E-state index contributed by atoms with van der Waals surface area (Å²) in [4.78, 5) is 18.9. The maximum atomic E-state index is 10.6. The molecule has 0 unspecified atom stereocenters. The Morgan fingerprint density at radius 1 is 1.57 bits per heavy atom. The summed E-state index contributed by atoms with van der Waals surface area (Å²) in [5.74, 6) is -0.250. The highest BCUT2D eigenvalue weighted by molar-refractivity contribution is 5.68. The minimum Gasteiger partial charge on any atom is -0.481 e. The van der Waals surface area contributed by atoms with Crippen LogP contribution in [0.3, 0.4) is 0 Å². The van der Waals surface area contributed by atoms with Crippen molar-refractivity contribution in [3.05, 3.63) is 23.8 Å². The number of carboxylic acid groups (broad SMARTS) is 1. The molecule has 1 rings (SSSR count). The Morgan fingerprint density at radius 2 is 2.21 bits per heavy atom. The number of aliphatic carboxylic acids is 1. The van der Waals surface area contributed by atoms with Gasteiger partial charge in [-0.05, 0) is 13.0 Å². The summed E-state index contributed by atoms with van der Waals surface area (Å²) < 4.78 is 0. The molecule has 0 aromatic carbocycles. The zero-order valence-corrected chi connectivity index (χ0v) is 8.61. The number of rotatable bonds is 3. The smallest absolute Gasteiger partial charge is 0.304 e. The normalized spacial score (nSPS) is 11.4. The summed E-state index contributed by atoms with van der Waals surface area (Å²) in [6.07, 6.45) is 1.69. The number of carbonyl (C=O) groups is 1. The van der Waals surface area contributed by atoms with Gasteiger partial charge in [-0.2, -0.15) is 0 Å². The highest BCUT2D eigenvalue weighted by Gasteiger charge is 2.26. The molecule has 1 heterocycles. The first-order valence-corrected chi connectivity index (χ1v) is 4.44. The molecule has 0 saturated heterocycles. The van der Waals surface area contributed by atoms with Crippen molar-refractivity contribution >= 4 is 5.97 Å². The van der Waals surface area contributed by atoms with Crippen LogP contribution in [-0.4, -0.2) is 21.0 Å². The molecular weight excluding hydrogens is 180 g/mol. The fourth-order valence-corrected chi connectivity index (χ4v) is 1.23. The standard InChI is InChI=1S/C10H14N2O2/c1-7-4-5-11-9(12-7)10(2,3)6-8(13)14/h4-5H,6H2,1-3H3,(H,13,14). The largest absolute Gasteiger partial charge is 0.481 e. The van der Waals surface area contributed by atoms with E-state index in [1.165, 1.54) is 0 Å². The van der Waals surface area contributed by atoms with Crippen LogP contribution < -0.4 is 0 Å². The number of aromatic nitrogens is 2. The second kappa shape index (κ2) is 3.74. The molecule has 0 aliphatic rings. The van der Waals surface area contributed by atoms with E-state index in [2.05, 4.69) is 9.97 Å². The maximum Gasteiger partial charge on any atom is 0.304 e. The molecule has 0 aliphatic heterocycles. The van der Waals surface area contributed by atoms with Crippen LogP contribution in [0, 0.1) is 6.92 Å². The molecule has 0 aliphatic carbocycles. The lowest BCUT2D eigenvalue weighted by atomic mass is 9.88. The fraction of sp³-hybridized carbons (Fsp3) is 0.500. The average Bonchev–Trinajstić information content (AvgIpc) is 2.01. The van der Waals surface area contributed by atoms with Crippen molar-refractivity contribution in [1.29, 1.82) is 0 Å². The molecule has 0 saturated carbocycles. The minimum absolute atomic E-state index is 0.0381. The minimum atomic E-state index is -0.833. The van der Waals surface area contributed by atoms with Crippen molar-refractivity contribution in [2.24, 2.45) is 0 Å². The Kier molecular flexibility index (Phi) is 2.84. The molecule has 14 heavy (non-hydrogen) atoms. The monoisotopic (exact) mass is 194 g/mol. The van der Waals surface area contributed by atoms with Crippen molar-refractivity contribution in [2.75, 3.05) is 0 Å². The molecule has 0 fully saturated rings. The molecule has 0 spiro atoms. The van der Waals surface area contributed by atoms with E-state index in [9.17, 15) is 4.79 Å². The molecule has 0 atom stereocenters.